The molecule has 1 amide bonds. The van der Waals surface area contributed by atoms with Crippen LogP contribution >= 0.6 is 23.2 Å². The highest BCUT2D eigenvalue weighted by atomic mass is 35.5. The molecule has 1 aromatic heterocycles. The second-order valence-corrected chi connectivity index (χ2v) is 8.51. The first-order valence-corrected chi connectivity index (χ1v) is 10.9. The number of anilines is 1. The number of benzene rings is 2. The zero-order chi connectivity index (χ0) is 22.0. The predicted molar refractivity (Wildman–Crippen MR) is 123 cm³/mol. The standard InChI is InChI=1S/C23H24Cl2N4O2/c1-16-12-29(15-26-16)22-5-3-19(11-18(22)14-30)27-7-6-23(31)28(9-8-27)13-17-2-4-20(24)21(25)10-17/h2-5,10-12,15,30H,6-9,13-14H2,1H3. The van der Waals surface area contributed by atoms with E-state index in [-0.39, 0.29) is 12.5 Å². The predicted octanol–water partition coefficient (Wildman–Crippen LogP) is 4.22. The molecular weight excluding hydrogens is 435 g/mol. The summed E-state index contributed by atoms with van der Waals surface area (Å²) < 4.78 is 1.91. The quantitative estimate of drug-likeness (QED) is 0.621. The summed E-state index contributed by atoms with van der Waals surface area (Å²) in [5.74, 6) is 0.112. The van der Waals surface area contributed by atoms with Crippen LogP contribution in [0, 0.1) is 6.92 Å². The van der Waals surface area contributed by atoms with E-state index in [1.54, 1.807) is 12.4 Å². The number of carbonyl (C=O) groups is 1. The number of aliphatic hydroxyl groups is 1. The molecule has 2 heterocycles. The lowest BCUT2D eigenvalue weighted by Crippen LogP contribution is -2.32. The van der Waals surface area contributed by atoms with Crippen molar-refractivity contribution < 1.29 is 9.90 Å². The number of aliphatic hydroxyl groups excluding tert-OH is 1. The van der Waals surface area contributed by atoms with Gasteiger partial charge < -0.3 is 19.5 Å². The van der Waals surface area contributed by atoms with Gasteiger partial charge in [-0.15, -0.1) is 0 Å². The van der Waals surface area contributed by atoms with E-state index in [2.05, 4.69) is 9.88 Å². The second-order valence-electron chi connectivity index (χ2n) is 7.69. The number of nitrogens with zero attached hydrogens (tertiary/aromatic N) is 4. The summed E-state index contributed by atoms with van der Waals surface area (Å²) in [6, 6.07) is 11.5. The highest BCUT2D eigenvalue weighted by Gasteiger charge is 2.22. The molecule has 2 aromatic carbocycles. The van der Waals surface area contributed by atoms with Crippen molar-refractivity contribution in [1.82, 2.24) is 14.5 Å². The third-order valence-electron chi connectivity index (χ3n) is 5.53. The summed E-state index contributed by atoms with van der Waals surface area (Å²) >= 11 is 12.1. The average Bonchev–Trinajstić information content (AvgIpc) is 3.12. The molecule has 0 unspecified atom stereocenters. The van der Waals surface area contributed by atoms with E-state index >= 15 is 0 Å². The van der Waals surface area contributed by atoms with E-state index in [1.165, 1.54) is 0 Å². The van der Waals surface area contributed by atoms with Gasteiger partial charge in [0.2, 0.25) is 5.91 Å². The molecule has 3 aromatic rings. The summed E-state index contributed by atoms with van der Waals surface area (Å²) in [7, 11) is 0. The maximum atomic E-state index is 12.7. The van der Waals surface area contributed by atoms with Crippen molar-refractivity contribution in [3.05, 3.63) is 75.8 Å². The number of hydrogen-bond donors (Lipinski definition) is 1. The number of amides is 1. The molecule has 8 heteroatoms. The summed E-state index contributed by atoms with van der Waals surface area (Å²) in [5.41, 5.74) is 4.59. The van der Waals surface area contributed by atoms with Crippen LogP contribution in [0.1, 0.15) is 23.2 Å². The lowest BCUT2D eigenvalue weighted by Gasteiger charge is -2.25. The number of aromatic nitrogens is 2. The van der Waals surface area contributed by atoms with E-state index in [0.717, 1.165) is 28.2 Å². The number of halogens is 2. The first-order chi connectivity index (χ1) is 14.9. The number of imidazole rings is 1. The van der Waals surface area contributed by atoms with Crippen molar-refractivity contribution in [2.45, 2.75) is 26.5 Å². The highest BCUT2D eigenvalue weighted by molar-refractivity contribution is 6.42. The molecule has 0 saturated carbocycles. The maximum absolute atomic E-state index is 12.7. The van der Waals surface area contributed by atoms with E-state index in [4.69, 9.17) is 23.2 Å². The number of aryl methyl sites for hydroxylation is 1. The SMILES string of the molecule is Cc1cn(-c2ccc(N3CCC(=O)N(Cc4ccc(Cl)c(Cl)c4)CC3)cc2CO)cn1. The first kappa shape index (κ1) is 21.7. The minimum absolute atomic E-state index is 0.0728. The third-order valence-corrected chi connectivity index (χ3v) is 6.27. The van der Waals surface area contributed by atoms with Gasteiger partial charge in [0.25, 0.3) is 0 Å². The molecule has 0 atom stereocenters. The van der Waals surface area contributed by atoms with Crippen molar-refractivity contribution >= 4 is 34.8 Å². The fraction of sp³-hybridized carbons (Fsp3) is 0.304. The number of hydrogen-bond acceptors (Lipinski definition) is 4. The van der Waals surface area contributed by atoms with Gasteiger partial charge in [-0.25, -0.2) is 4.98 Å². The Morgan fingerprint density at radius 1 is 1.06 bits per heavy atom. The molecule has 4 rings (SSSR count). The Morgan fingerprint density at radius 3 is 2.61 bits per heavy atom. The smallest absolute Gasteiger partial charge is 0.224 e. The second kappa shape index (κ2) is 9.30. The number of carbonyl (C=O) groups excluding carboxylic acids is 1. The molecule has 162 valence electrons. The van der Waals surface area contributed by atoms with E-state index in [0.29, 0.717) is 42.6 Å². The Bertz CT molecular complexity index is 1100. The third kappa shape index (κ3) is 4.87. The van der Waals surface area contributed by atoms with Crippen molar-refractivity contribution in [2.75, 3.05) is 24.5 Å². The molecule has 0 spiro atoms. The molecule has 1 aliphatic rings. The number of rotatable bonds is 5. The Kier molecular flexibility index (Phi) is 6.51. The lowest BCUT2D eigenvalue weighted by molar-refractivity contribution is -0.130. The van der Waals surface area contributed by atoms with Crippen molar-refractivity contribution in [3.63, 3.8) is 0 Å². The van der Waals surface area contributed by atoms with Gasteiger partial charge in [0.15, 0.2) is 0 Å². The molecule has 0 radical (unpaired) electrons. The van der Waals surface area contributed by atoms with Gasteiger partial charge in [0.1, 0.15) is 0 Å². The zero-order valence-electron chi connectivity index (χ0n) is 17.3. The molecule has 1 saturated heterocycles. The zero-order valence-corrected chi connectivity index (χ0v) is 18.8. The molecule has 0 bridgehead atoms. The molecule has 1 aliphatic heterocycles. The maximum Gasteiger partial charge on any atom is 0.224 e. The van der Waals surface area contributed by atoms with Crippen LogP contribution in [0.2, 0.25) is 10.0 Å². The summed E-state index contributed by atoms with van der Waals surface area (Å²) in [6.45, 7) is 4.31. The van der Waals surface area contributed by atoms with Crippen molar-refractivity contribution in [3.8, 4) is 5.69 Å². The lowest BCUT2D eigenvalue weighted by atomic mass is 10.1. The van der Waals surface area contributed by atoms with Gasteiger partial charge in [-0.05, 0) is 42.8 Å². The minimum Gasteiger partial charge on any atom is -0.392 e. The van der Waals surface area contributed by atoms with Crippen LogP contribution in [0.3, 0.4) is 0 Å². The molecule has 31 heavy (non-hydrogen) atoms. The fourth-order valence-corrected chi connectivity index (χ4v) is 4.17. The fourth-order valence-electron chi connectivity index (χ4n) is 3.85. The largest absolute Gasteiger partial charge is 0.392 e. The molecule has 6 nitrogen and oxygen atoms in total. The van der Waals surface area contributed by atoms with Gasteiger partial charge in [-0.1, -0.05) is 29.3 Å². The van der Waals surface area contributed by atoms with Crippen LogP contribution in [0.5, 0.6) is 0 Å². The van der Waals surface area contributed by atoms with Crippen molar-refractivity contribution in [2.24, 2.45) is 0 Å². The van der Waals surface area contributed by atoms with Crippen LogP contribution in [0.25, 0.3) is 5.69 Å². The summed E-state index contributed by atoms with van der Waals surface area (Å²) in [4.78, 5) is 21.0. The topological polar surface area (TPSA) is 61.6 Å². The average molecular weight is 459 g/mol. The normalized spacial score (nSPS) is 14.8. The van der Waals surface area contributed by atoms with Gasteiger partial charge in [-0.2, -0.15) is 0 Å². The van der Waals surface area contributed by atoms with E-state index in [1.807, 2.05) is 52.9 Å². The highest BCUT2D eigenvalue weighted by Crippen LogP contribution is 2.26. The van der Waals surface area contributed by atoms with Crippen LogP contribution in [0.4, 0.5) is 5.69 Å². The molecule has 1 N–H and O–H groups in total. The van der Waals surface area contributed by atoms with Gasteiger partial charge in [-0.3, -0.25) is 4.79 Å². The first-order valence-electron chi connectivity index (χ1n) is 10.2. The molecular formula is C23H24Cl2N4O2. The van der Waals surface area contributed by atoms with Crippen LogP contribution in [0.15, 0.2) is 48.9 Å². The van der Waals surface area contributed by atoms with E-state index < -0.39 is 0 Å². The summed E-state index contributed by atoms with van der Waals surface area (Å²) in [6.07, 6.45) is 4.10. The minimum atomic E-state index is -0.0728. The Hall–Kier alpha value is -2.54. The van der Waals surface area contributed by atoms with Crippen LogP contribution in [-0.2, 0) is 17.9 Å². The monoisotopic (exact) mass is 458 g/mol. The van der Waals surface area contributed by atoms with Gasteiger partial charge in [0, 0.05) is 50.0 Å². The van der Waals surface area contributed by atoms with Crippen molar-refractivity contribution in [1.29, 1.82) is 0 Å². The van der Waals surface area contributed by atoms with Crippen LogP contribution < -0.4 is 4.90 Å². The Labute approximate surface area is 191 Å². The van der Waals surface area contributed by atoms with E-state index in [9.17, 15) is 9.90 Å². The Morgan fingerprint density at radius 2 is 1.90 bits per heavy atom. The van der Waals surface area contributed by atoms with Gasteiger partial charge >= 0.3 is 0 Å². The molecule has 0 aliphatic carbocycles. The molecule has 1 fully saturated rings. The Balaban J connectivity index is 1.50. The van der Waals surface area contributed by atoms with Crippen LogP contribution in [-0.4, -0.2) is 45.1 Å². The summed E-state index contributed by atoms with van der Waals surface area (Å²) in [5, 5.41) is 10.9. The van der Waals surface area contributed by atoms with Gasteiger partial charge in [0.05, 0.1) is 34.4 Å².